The Hall–Kier alpha value is -0.670. The van der Waals surface area contributed by atoms with Crippen molar-refractivity contribution in [1.29, 1.82) is 0 Å². The standard InChI is InChI=1S/C14H18ClNOS/c15-13-8-4-3-7-12(13)14(17)16-9-10-18-11-5-1-2-6-11/h3-4,7-8,11H,1-2,5-6,9-10H2,(H,16,17). The number of benzene rings is 1. The molecule has 0 aliphatic heterocycles. The van der Waals surface area contributed by atoms with Crippen molar-refractivity contribution in [3.05, 3.63) is 34.9 Å². The summed E-state index contributed by atoms with van der Waals surface area (Å²) >= 11 is 7.95. The molecule has 4 heteroatoms. The van der Waals surface area contributed by atoms with Gasteiger partial charge in [-0.1, -0.05) is 36.6 Å². The monoisotopic (exact) mass is 283 g/mol. The summed E-state index contributed by atoms with van der Waals surface area (Å²) in [5.41, 5.74) is 0.560. The van der Waals surface area contributed by atoms with Crippen LogP contribution in [0.1, 0.15) is 36.0 Å². The molecule has 1 aliphatic carbocycles. The SMILES string of the molecule is O=C(NCCSC1CCCC1)c1ccccc1Cl. The molecule has 1 aliphatic rings. The lowest BCUT2D eigenvalue weighted by Crippen LogP contribution is -2.26. The number of thioether (sulfide) groups is 1. The first-order valence-corrected chi connectivity index (χ1v) is 7.84. The van der Waals surface area contributed by atoms with E-state index in [9.17, 15) is 4.79 Å². The molecule has 0 bridgehead atoms. The zero-order valence-electron chi connectivity index (χ0n) is 10.3. The highest BCUT2D eigenvalue weighted by atomic mass is 35.5. The molecule has 0 atom stereocenters. The number of hydrogen-bond donors (Lipinski definition) is 1. The minimum Gasteiger partial charge on any atom is -0.351 e. The lowest BCUT2D eigenvalue weighted by Gasteiger charge is -2.09. The Morgan fingerprint density at radius 1 is 1.33 bits per heavy atom. The van der Waals surface area contributed by atoms with Crippen molar-refractivity contribution in [1.82, 2.24) is 5.32 Å². The second-order valence-electron chi connectivity index (χ2n) is 4.51. The van der Waals surface area contributed by atoms with Crippen LogP contribution in [-0.4, -0.2) is 23.5 Å². The molecule has 0 aromatic heterocycles. The van der Waals surface area contributed by atoms with E-state index in [1.165, 1.54) is 25.7 Å². The van der Waals surface area contributed by atoms with Crippen LogP contribution in [0.25, 0.3) is 0 Å². The molecule has 1 fully saturated rings. The number of carbonyl (C=O) groups is 1. The Kier molecular flexibility index (Phi) is 5.39. The van der Waals surface area contributed by atoms with Gasteiger partial charge in [-0.3, -0.25) is 4.79 Å². The summed E-state index contributed by atoms with van der Waals surface area (Å²) in [5.74, 6) is 0.911. The average molecular weight is 284 g/mol. The van der Waals surface area contributed by atoms with Gasteiger partial charge in [0.2, 0.25) is 0 Å². The van der Waals surface area contributed by atoms with Gasteiger partial charge in [0.15, 0.2) is 0 Å². The largest absolute Gasteiger partial charge is 0.351 e. The van der Waals surface area contributed by atoms with Gasteiger partial charge in [-0.2, -0.15) is 11.8 Å². The maximum absolute atomic E-state index is 11.9. The molecule has 2 rings (SSSR count). The fraction of sp³-hybridized carbons (Fsp3) is 0.500. The number of amides is 1. The van der Waals surface area contributed by atoms with Gasteiger partial charge in [0, 0.05) is 17.5 Å². The highest BCUT2D eigenvalue weighted by Gasteiger charge is 2.15. The molecule has 1 amide bonds. The number of carbonyl (C=O) groups excluding carboxylic acids is 1. The van der Waals surface area contributed by atoms with Gasteiger partial charge in [0.05, 0.1) is 10.6 Å². The van der Waals surface area contributed by atoms with E-state index in [-0.39, 0.29) is 5.91 Å². The van der Waals surface area contributed by atoms with E-state index in [1.807, 2.05) is 23.9 Å². The van der Waals surface area contributed by atoms with Crippen LogP contribution in [0.15, 0.2) is 24.3 Å². The van der Waals surface area contributed by atoms with Crippen LogP contribution < -0.4 is 5.32 Å². The second-order valence-corrected chi connectivity index (χ2v) is 6.33. The minimum absolute atomic E-state index is 0.0763. The van der Waals surface area contributed by atoms with Crippen LogP contribution in [0.2, 0.25) is 5.02 Å². The third-order valence-corrected chi connectivity index (χ3v) is 4.87. The summed E-state index contributed by atoms with van der Waals surface area (Å²) < 4.78 is 0. The van der Waals surface area contributed by atoms with Crippen molar-refractivity contribution >= 4 is 29.3 Å². The van der Waals surface area contributed by atoms with Gasteiger partial charge < -0.3 is 5.32 Å². The van der Waals surface area contributed by atoms with Gasteiger partial charge in [0.1, 0.15) is 0 Å². The van der Waals surface area contributed by atoms with E-state index in [0.29, 0.717) is 17.1 Å². The molecular weight excluding hydrogens is 266 g/mol. The van der Waals surface area contributed by atoms with Crippen molar-refractivity contribution in [2.45, 2.75) is 30.9 Å². The molecule has 1 N–H and O–H groups in total. The topological polar surface area (TPSA) is 29.1 Å². The first-order valence-electron chi connectivity index (χ1n) is 6.41. The van der Waals surface area contributed by atoms with E-state index < -0.39 is 0 Å². The van der Waals surface area contributed by atoms with Crippen LogP contribution in [0.3, 0.4) is 0 Å². The third-order valence-electron chi connectivity index (χ3n) is 3.16. The van der Waals surface area contributed by atoms with E-state index in [1.54, 1.807) is 12.1 Å². The highest BCUT2D eigenvalue weighted by Crippen LogP contribution is 2.28. The summed E-state index contributed by atoms with van der Waals surface area (Å²) in [4.78, 5) is 11.9. The molecule has 1 saturated carbocycles. The normalized spacial score (nSPS) is 15.8. The minimum atomic E-state index is -0.0763. The molecule has 0 spiro atoms. The molecule has 0 unspecified atom stereocenters. The van der Waals surface area contributed by atoms with Crippen molar-refractivity contribution in [3.8, 4) is 0 Å². The molecule has 1 aromatic carbocycles. The van der Waals surface area contributed by atoms with Crippen LogP contribution in [0.4, 0.5) is 0 Å². The molecule has 18 heavy (non-hydrogen) atoms. The van der Waals surface area contributed by atoms with Gasteiger partial charge in [-0.05, 0) is 25.0 Å². The Balaban J connectivity index is 1.70. The second kappa shape index (κ2) is 7.05. The predicted molar refractivity (Wildman–Crippen MR) is 78.5 cm³/mol. The van der Waals surface area contributed by atoms with Crippen molar-refractivity contribution in [2.75, 3.05) is 12.3 Å². The predicted octanol–water partition coefficient (Wildman–Crippen LogP) is 3.75. The van der Waals surface area contributed by atoms with Crippen molar-refractivity contribution in [2.24, 2.45) is 0 Å². The lowest BCUT2D eigenvalue weighted by molar-refractivity contribution is 0.0956. The zero-order valence-corrected chi connectivity index (χ0v) is 11.9. The van der Waals surface area contributed by atoms with Crippen molar-refractivity contribution < 1.29 is 4.79 Å². The number of nitrogens with one attached hydrogen (secondary N) is 1. The van der Waals surface area contributed by atoms with Gasteiger partial charge in [-0.15, -0.1) is 0 Å². The molecule has 2 nitrogen and oxygen atoms in total. The Morgan fingerprint density at radius 3 is 2.78 bits per heavy atom. The number of halogens is 1. The third kappa shape index (κ3) is 3.92. The van der Waals surface area contributed by atoms with Crippen LogP contribution in [0.5, 0.6) is 0 Å². The summed E-state index contributed by atoms with van der Waals surface area (Å²) in [5, 5.41) is 4.24. The maximum Gasteiger partial charge on any atom is 0.252 e. The molecular formula is C14H18ClNOS. The Morgan fingerprint density at radius 2 is 2.06 bits per heavy atom. The molecule has 0 heterocycles. The van der Waals surface area contributed by atoms with Crippen LogP contribution in [0, 0.1) is 0 Å². The molecule has 0 radical (unpaired) electrons. The quantitative estimate of drug-likeness (QED) is 0.834. The highest BCUT2D eigenvalue weighted by molar-refractivity contribution is 7.99. The van der Waals surface area contributed by atoms with Crippen LogP contribution >= 0.6 is 23.4 Å². The Labute approximate surface area is 117 Å². The van der Waals surface area contributed by atoms with E-state index in [0.717, 1.165) is 11.0 Å². The van der Waals surface area contributed by atoms with Crippen LogP contribution in [-0.2, 0) is 0 Å². The Bertz CT molecular complexity index is 405. The number of hydrogen-bond acceptors (Lipinski definition) is 2. The summed E-state index contributed by atoms with van der Waals surface area (Å²) in [7, 11) is 0. The molecule has 0 saturated heterocycles. The first-order chi connectivity index (χ1) is 8.77. The summed E-state index contributed by atoms with van der Waals surface area (Å²) in [6, 6.07) is 7.15. The van der Waals surface area contributed by atoms with Gasteiger partial charge >= 0.3 is 0 Å². The molecule has 1 aromatic rings. The van der Waals surface area contributed by atoms with Crippen molar-refractivity contribution in [3.63, 3.8) is 0 Å². The fourth-order valence-corrected chi connectivity index (χ4v) is 3.63. The van der Waals surface area contributed by atoms with E-state index in [2.05, 4.69) is 5.32 Å². The first kappa shape index (κ1) is 13.8. The smallest absolute Gasteiger partial charge is 0.252 e. The summed E-state index contributed by atoms with van der Waals surface area (Å²) in [6.07, 6.45) is 5.40. The zero-order chi connectivity index (χ0) is 12.8. The van der Waals surface area contributed by atoms with Gasteiger partial charge in [-0.25, -0.2) is 0 Å². The lowest BCUT2D eigenvalue weighted by atomic mass is 10.2. The van der Waals surface area contributed by atoms with E-state index >= 15 is 0 Å². The summed E-state index contributed by atoms with van der Waals surface area (Å²) in [6.45, 7) is 0.714. The van der Waals surface area contributed by atoms with Gasteiger partial charge in [0.25, 0.3) is 5.91 Å². The van der Waals surface area contributed by atoms with E-state index in [4.69, 9.17) is 11.6 Å². The number of rotatable bonds is 5. The average Bonchev–Trinajstić information content (AvgIpc) is 2.88. The maximum atomic E-state index is 11.9. The fourth-order valence-electron chi connectivity index (χ4n) is 2.19. The molecule has 98 valence electrons.